The van der Waals surface area contributed by atoms with E-state index in [0.717, 1.165) is 41.7 Å². The van der Waals surface area contributed by atoms with Crippen LogP contribution in [0.15, 0.2) is 36.7 Å². The zero-order valence-electron chi connectivity index (χ0n) is 18.7. The number of aromatic amines is 1. The molecule has 2 aliphatic rings. The molecule has 7 nitrogen and oxygen atoms in total. The maximum atomic E-state index is 13.1. The van der Waals surface area contributed by atoms with Crippen LogP contribution in [-0.2, 0) is 6.18 Å². The predicted molar refractivity (Wildman–Crippen MR) is 155 cm³/mol. The Hall–Kier alpha value is -3.45. The summed E-state index contributed by atoms with van der Waals surface area (Å²) in [7, 11) is 1.99. The molecule has 0 radical (unpaired) electrons. The summed E-state index contributed by atoms with van der Waals surface area (Å²) in [4.78, 5) is 27.6. The van der Waals surface area contributed by atoms with Gasteiger partial charge in [-0.05, 0) is 48.9 Å². The number of fused-ring (bicyclic) bond motifs is 2. The van der Waals surface area contributed by atoms with Gasteiger partial charge in [-0.25, -0.2) is 9.64 Å². The summed E-state index contributed by atoms with van der Waals surface area (Å²) in [5, 5.41) is 3.07. The van der Waals surface area contributed by atoms with Crippen LogP contribution in [0.1, 0.15) is 37.0 Å². The molecule has 1 aliphatic carbocycles. The number of carbonyl (C=O) groups is 1. The van der Waals surface area contributed by atoms with Crippen LogP contribution in [0.25, 0.3) is 15.9 Å². The molecular formula is C24H48ClF3N6O. The highest BCUT2D eigenvalue weighted by Gasteiger charge is 2.44. The molecule has 11 heteroatoms. The molecule has 1 aliphatic heterocycles. The molecule has 3 heterocycles. The zero-order chi connectivity index (χ0) is 24.9. The summed E-state index contributed by atoms with van der Waals surface area (Å²) < 4.78 is 39.4. The maximum absolute atomic E-state index is 13.1. The van der Waals surface area contributed by atoms with Crippen LogP contribution in [0, 0.1) is 18.4 Å². The Bertz CT molecular complexity index is 1360. The van der Waals surface area contributed by atoms with Gasteiger partial charge in [-0.3, -0.25) is 4.98 Å². The number of hydrogen-bond donors (Lipinski definition) is 2. The Morgan fingerprint density at radius 3 is 2.69 bits per heavy atom. The molecule has 2 N–H and O–H groups in total. The monoisotopic (exact) mass is 528 g/mol. The highest BCUT2D eigenvalue weighted by atomic mass is 35.5. The normalized spacial score (nSPS) is 21.7. The van der Waals surface area contributed by atoms with Crippen LogP contribution in [-0.4, -0.2) is 47.1 Å². The van der Waals surface area contributed by atoms with Gasteiger partial charge in [-0.15, -0.1) is 0 Å². The van der Waals surface area contributed by atoms with Gasteiger partial charge in [-0.2, -0.15) is 13.2 Å². The number of H-pyrrole nitrogens is 1. The van der Waals surface area contributed by atoms with E-state index >= 15 is 0 Å². The molecule has 3 atom stereocenters. The van der Waals surface area contributed by atoms with Crippen molar-refractivity contribution in [2.75, 3.05) is 30.4 Å². The lowest BCUT2D eigenvalue weighted by Crippen LogP contribution is -2.36. The largest absolute Gasteiger partial charge is 0.417 e. The molecule has 1 saturated carbocycles. The molecule has 1 aromatic carbocycles. The van der Waals surface area contributed by atoms with E-state index in [2.05, 4.69) is 25.0 Å². The summed E-state index contributed by atoms with van der Waals surface area (Å²) in [5.41, 5.74) is 1.16. The maximum Gasteiger partial charge on any atom is 0.417 e. The van der Waals surface area contributed by atoms with E-state index in [1.54, 1.807) is 17.3 Å². The van der Waals surface area contributed by atoms with Gasteiger partial charge in [0.05, 0.1) is 22.8 Å². The summed E-state index contributed by atoms with van der Waals surface area (Å²) in [6.45, 7) is 8.62. The minimum atomic E-state index is -4.60. The second kappa shape index (κ2) is 8.64. The van der Waals surface area contributed by atoms with Gasteiger partial charge in [0.1, 0.15) is 5.65 Å². The Kier molecular flexibility index (Phi) is 5.75. The molecule has 0 bridgehead atoms. The van der Waals surface area contributed by atoms with Crippen molar-refractivity contribution in [2.45, 2.75) is 25.1 Å². The van der Waals surface area contributed by atoms with Gasteiger partial charge >= 0.3 is 12.2 Å². The van der Waals surface area contributed by atoms with Crippen molar-refractivity contribution in [3.05, 3.63) is 58.7 Å². The molecule has 2 amide bonds. The number of pyridine rings is 1. The number of hydrogen-bond acceptors (Lipinski definition) is 3. The van der Waals surface area contributed by atoms with E-state index in [4.69, 9.17) is 18.2 Å². The third-order valence-electron chi connectivity index (χ3n) is 7.10. The predicted octanol–water partition coefficient (Wildman–Crippen LogP) is 9.36. The quantitative estimate of drug-likeness (QED) is 0.332. The van der Waals surface area contributed by atoms with Crippen molar-refractivity contribution >= 4 is 45.7 Å². The second-order valence-corrected chi connectivity index (χ2v) is 9.53. The average molecular weight is 529 g/mol. The molecule has 2 aromatic heterocycles. The SMILES string of the molecule is [C-]#[N+]c1cnc2[nH]ccc2c1N(C)C1C[C@@H]2CN(C(=O)Nc3ccc(Cl)c(C(F)(F)F)c3)C[C@@H]2C1.[HH].[HH].[HH].[HH].[HH].[HH].[HH].[HH].[HH].[HH].[HH].[HH].[HH]. The first-order valence-electron chi connectivity index (χ1n) is 11.1. The van der Waals surface area contributed by atoms with Gasteiger partial charge in [0.25, 0.3) is 0 Å². The Morgan fingerprint density at radius 2 is 2.03 bits per heavy atom. The smallest absolute Gasteiger partial charge is 0.380 e. The van der Waals surface area contributed by atoms with Crippen molar-refractivity contribution in [2.24, 2.45) is 11.8 Å². The molecule has 0 spiro atoms. The zero-order valence-corrected chi connectivity index (χ0v) is 19.5. The van der Waals surface area contributed by atoms with E-state index < -0.39 is 22.8 Å². The Balaban J connectivity index is -0.000000167. The van der Waals surface area contributed by atoms with Gasteiger partial charge in [-0.1, -0.05) is 11.6 Å². The lowest BCUT2D eigenvalue weighted by molar-refractivity contribution is -0.137. The van der Waals surface area contributed by atoms with Crippen LogP contribution in [0.5, 0.6) is 0 Å². The van der Waals surface area contributed by atoms with Crippen LogP contribution in [0.3, 0.4) is 0 Å². The molecule has 1 saturated heterocycles. The minimum Gasteiger partial charge on any atom is -0.380 e. The van der Waals surface area contributed by atoms with Crippen LogP contribution in [0.2, 0.25) is 5.02 Å². The van der Waals surface area contributed by atoms with E-state index in [1.807, 2.05) is 13.1 Å². The Labute approximate surface area is 224 Å². The fourth-order valence-electron chi connectivity index (χ4n) is 5.39. The lowest BCUT2D eigenvalue weighted by Gasteiger charge is -2.30. The number of anilines is 2. The summed E-state index contributed by atoms with van der Waals surface area (Å²) in [5.74, 6) is 0.563. The van der Waals surface area contributed by atoms with Gasteiger partial charge in [0.15, 0.2) is 0 Å². The Morgan fingerprint density at radius 1 is 1.31 bits per heavy atom. The first-order valence-corrected chi connectivity index (χ1v) is 11.5. The molecule has 5 rings (SSSR count). The standard InChI is InChI=1S/C24H22ClF3N6O.13H2/c1-29-20-10-31-22-17(5-6-30-22)21(20)33(2)16-7-13-11-34(12-14(13)8-16)23(35)32-15-3-4-19(25)18(9-15)24(26,27)28;;;;;;;;;;;;;/h3-6,9-10,13-14,16H,7-8,11-12H2,2H3,(H,30,31)(H,32,35);13*1H/t13-,14+,16?;;;;;;;;;;;;;. The van der Waals surface area contributed by atoms with Crippen molar-refractivity contribution < 1.29 is 36.5 Å². The van der Waals surface area contributed by atoms with E-state index in [0.29, 0.717) is 18.8 Å². The minimum absolute atomic E-state index is 0. The van der Waals surface area contributed by atoms with Crippen LogP contribution >= 0.6 is 11.6 Å². The summed E-state index contributed by atoms with van der Waals surface area (Å²) in [6.07, 6.45) is 0.504. The lowest BCUT2D eigenvalue weighted by atomic mass is 10.0. The number of rotatable bonds is 3. The summed E-state index contributed by atoms with van der Waals surface area (Å²) >= 11 is 5.67. The molecule has 208 valence electrons. The van der Waals surface area contributed by atoms with Crippen LogP contribution in [0.4, 0.5) is 35.0 Å². The fraction of sp³-hybridized carbons (Fsp3) is 0.375. The number of nitrogens with zero attached hydrogens (tertiary/aromatic N) is 4. The highest BCUT2D eigenvalue weighted by Crippen LogP contribution is 2.44. The summed E-state index contributed by atoms with van der Waals surface area (Å²) in [6, 6.07) is 5.07. The first-order chi connectivity index (χ1) is 16.7. The number of likely N-dealkylation sites (tertiary alicyclic amines) is 1. The van der Waals surface area contributed by atoms with Crippen molar-refractivity contribution in [1.29, 1.82) is 0 Å². The van der Waals surface area contributed by atoms with E-state index in [1.165, 1.54) is 6.07 Å². The van der Waals surface area contributed by atoms with Crippen molar-refractivity contribution in [1.82, 2.24) is 14.9 Å². The average Bonchev–Trinajstić information content (AvgIpc) is 3.53. The van der Waals surface area contributed by atoms with Crippen LogP contribution < -0.4 is 10.2 Å². The number of urea groups is 1. The van der Waals surface area contributed by atoms with Gasteiger partial charge in [0.2, 0.25) is 5.69 Å². The topological polar surface area (TPSA) is 68.6 Å². The molecule has 2 fully saturated rings. The van der Waals surface area contributed by atoms with Crippen molar-refractivity contribution in [3.63, 3.8) is 0 Å². The molecule has 3 aromatic rings. The van der Waals surface area contributed by atoms with E-state index in [-0.39, 0.29) is 42.1 Å². The number of aromatic nitrogens is 2. The van der Waals surface area contributed by atoms with E-state index in [9.17, 15) is 18.0 Å². The number of alkyl halides is 3. The molecular weight excluding hydrogens is 481 g/mol. The van der Waals surface area contributed by atoms with Crippen molar-refractivity contribution in [3.8, 4) is 0 Å². The van der Waals surface area contributed by atoms with Gasteiger partial charge < -0.3 is 20.1 Å². The highest BCUT2D eigenvalue weighted by molar-refractivity contribution is 6.31. The van der Waals surface area contributed by atoms with Gasteiger partial charge in [0, 0.05) is 68.2 Å². The second-order valence-electron chi connectivity index (χ2n) is 9.13. The number of benzene rings is 1. The third-order valence-corrected chi connectivity index (χ3v) is 7.43. The number of carbonyl (C=O) groups excluding carboxylic acids is 1. The number of nitrogens with one attached hydrogen (secondary N) is 2. The molecule has 35 heavy (non-hydrogen) atoms. The third kappa shape index (κ3) is 4.25. The molecule has 1 unspecified atom stereocenters. The first kappa shape index (κ1) is 23.3. The number of amides is 2. The number of halogens is 4. The fourth-order valence-corrected chi connectivity index (χ4v) is 5.62.